The van der Waals surface area contributed by atoms with Gasteiger partial charge in [0.25, 0.3) is 11.8 Å². The molecule has 3 aromatic carbocycles. The summed E-state index contributed by atoms with van der Waals surface area (Å²) in [5, 5.41) is 0. The van der Waals surface area contributed by atoms with Crippen molar-refractivity contribution in [2.45, 2.75) is 26.4 Å². The number of carbonyl (C=O) groups excluding carboxylic acids is 2. The van der Waals surface area contributed by atoms with E-state index in [1.165, 1.54) is 12.0 Å². The molecule has 0 fully saturated rings. The van der Waals surface area contributed by atoms with Crippen molar-refractivity contribution in [1.82, 2.24) is 0 Å². The minimum Gasteiger partial charge on any atom is -0.495 e. The minimum absolute atomic E-state index is 0.0393. The number of rotatable bonds is 6. The van der Waals surface area contributed by atoms with E-state index < -0.39 is 0 Å². The smallest absolute Gasteiger partial charge is 0.282 e. The van der Waals surface area contributed by atoms with Gasteiger partial charge in [-0.15, -0.1) is 0 Å². The van der Waals surface area contributed by atoms with E-state index >= 15 is 0 Å². The quantitative estimate of drug-likeness (QED) is 0.500. The van der Waals surface area contributed by atoms with Crippen molar-refractivity contribution in [3.8, 4) is 11.5 Å². The van der Waals surface area contributed by atoms with E-state index in [1.807, 2.05) is 67.3 Å². The third-order valence-electron chi connectivity index (χ3n) is 6.06. The third-order valence-corrected chi connectivity index (χ3v) is 6.06. The number of ether oxygens (including phenoxy) is 2. The molecule has 5 rings (SSSR count). The van der Waals surface area contributed by atoms with Gasteiger partial charge in [-0.05, 0) is 61.7 Å². The van der Waals surface area contributed by atoms with Crippen molar-refractivity contribution in [3.63, 3.8) is 0 Å². The normalized spacial score (nSPS) is 15.4. The fourth-order valence-electron chi connectivity index (χ4n) is 4.60. The maximum Gasteiger partial charge on any atom is 0.282 e. The average Bonchev–Trinajstić information content (AvgIpc) is 3.37. The first-order valence-corrected chi connectivity index (χ1v) is 11.4. The van der Waals surface area contributed by atoms with Gasteiger partial charge in [-0.3, -0.25) is 9.59 Å². The van der Waals surface area contributed by atoms with Crippen LogP contribution in [0.15, 0.2) is 78.5 Å². The summed E-state index contributed by atoms with van der Waals surface area (Å²) in [5.74, 6) is 0.452. The number of methoxy groups -OCH3 is 1. The molecule has 2 aliphatic heterocycles. The van der Waals surface area contributed by atoms with Crippen LogP contribution in [-0.4, -0.2) is 31.6 Å². The molecule has 2 amide bonds. The lowest BCUT2D eigenvalue weighted by Crippen LogP contribution is -2.35. The van der Waals surface area contributed by atoms with Crippen molar-refractivity contribution < 1.29 is 19.1 Å². The molecule has 172 valence electrons. The van der Waals surface area contributed by atoms with E-state index in [0.29, 0.717) is 40.6 Å². The topological polar surface area (TPSA) is 59.1 Å². The molecule has 2 aliphatic rings. The number of carbonyl (C=O) groups is 2. The molecule has 0 spiro atoms. The fourth-order valence-corrected chi connectivity index (χ4v) is 4.60. The number of amides is 2. The molecule has 0 aromatic heterocycles. The van der Waals surface area contributed by atoms with Gasteiger partial charge >= 0.3 is 0 Å². The Hall–Kier alpha value is -4.06. The van der Waals surface area contributed by atoms with Gasteiger partial charge in [0, 0.05) is 12.2 Å². The molecule has 6 heteroatoms. The molecular formula is C28H26N2O4. The average molecular weight is 455 g/mol. The van der Waals surface area contributed by atoms with Crippen LogP contribution in [0.3, 0.4) is 0 Å². The number of hydrogen-bond donors (Lipinski definition) is 0. The predicted molar refractivity (Wildman–Crippen MR) is 132 cm³/mol. The molecule has 0 N–H and O–H groups in total. The summed E-state index contributed by atoms with van der Waals surface area (Å²) in [6, 6.07) is 22.4. The van der Waals surface area contributed by atoms with Crippen LogP contribution in [0, 0.1) is 0 Å². The van der Waals surface area contributed by atoms with Gasteiger partial charge in [-0.2, -0.15) is 0 Å². The van der Waals surface area contributed by atoms with Crippen LogP contribution in [0.25, 0.3) is 5.57 Å². The largest absolute Gasteiger partial charge is 0.495 e. The van der Waals surface area contributed by atoms with Gasteiger partial charge < -0.3 is 14.4 Å². The van der Waals surface area contributed by atoms with Crippen molar-refractivity contribution >= 4 is 28.8 Å². The van der Waals surface area contributed by atoms with Crippen LogP contribution in [0.4, 0.5) is 11.4 Å². The first-order valence-electron chi connectivity index (χ1n) is 11.4. The van der Waals surface area contributed by atoms with Crippen molar-refractivity contribution in [1.29, 1.82) is 0 Å². The Morgan fingerprint density at radius 1 is 0.824 bits per heavy atom. The predicted octanol–water partition coefficient (Wildman–Crippen LogP) is 4.83. The molecule has 2 heterocycles. The third kappa shape index (κ3) is 3.61. The van der Waals surface area contributed by atoms with E-state index in [9.17, 15) is 9.59 Å². The molecule has 0 saturated heterocycles. The monoisotopic (exact) mass is 454 g/mol. The number of hydrogen-bond acceptors (Lipinski definition) is 5. The zero-order chi connectivity index (χ0) is 23.8. The SMILES string of the molecule is COc1ccccc1N1C(=O)C(c2ccc(OC(C)C)cc2)=C(N2CCc3ccccc32)C1=O. The Kier molecular flexibility index (Phi) is 5.57. The number of imide groups is 1. The minimum atomic E-state index is -0.369. The molecule has 0 aliphatic carbocycles. The van der Waals surface area contributed by atoms with Crippen molar-refractivity contribution in [2.24, 2.45) is 0 Å². The number of fused-ring (bicyclic) bond motifs is 1. The summed E-state index contributed by atoms with van der Waals surface area (Å²) in [4.78, 5) is 31.0. The van der Waals surface area contributed by atoms with Gasteiger partial charge in [0.05, 0.1) is 24.5 Å². The van der Waals surface area contributed by atoms with Gasteiger partial charge in [0.15, 0.2) is 0 Å². The Morgan fingerprint density at radius 2 is 1.50 bits per heavy atom. The highest BCUT2D eigenvalue weighted by Crippen LogP contribution is 2.42. The van der Waals surface area contributed by atoms with Crippen LogP contribution in [-0.2, 0) is 16.0 Å². The summed E-state index contributed by atoms with van der Waals surface area (Å²) in [5.41, 5.74) is 3.98. The molecule has 6 nitrogen and oxygen atoms in total. The second kappa shape index (κ2) is 8.71. The zero-order valence-electron chi connectivity index (χ0n) is 19.4. The van der Waals surface area contributed by atoms with Gasteiger partial charge in [-0.25, -0.2) is 4.90 Å². The summed E-state index contributed by atoms with van der Waals surface area (Å²) in [6.07, 6.45) is 0.849. The van der Waals surface area contributed by atoms with E-state index in [1.54, 1.807) is 18.2 Å². The molecule has 0 unspecified atom stereocenters. The Labute approximate surface area is 199 Å². The second-order valence-corrected chi connectivity index (χ2v) is 8.56. The van der Waals surface area contributed by atoms with E-state index in [0.717, 1.165) is 17.7 Å². The van der Waals surface area contributed by atoms with Crippen molar-refractivity contribution in [2.75, 3.05) is 23.5 Å². The Morgan fingerprint density at radius 3 is 2.21 bits per heavy atom. The molecule has 34 heavy (non-hydrogen) atoms. The lowest BCUT2D eigenvalue weighted by molar-refractivity contribution is -0.120. The molecular weight excluding hydrogens is 428 g/mol. The van der Waals surface area contributed by atoms with Crippen LogP contribution >= 0.6 is 0 Å². The molecule has 0 saturated carbocycles. The number of anilines is 2. The number of benzene rings is 3. The maximum atomic E-state index is 13.9. The van der Waals surface area contributed by atoms with Gasteiger partial charge in [-0.1, -0.05) is 42.5 Å². The molecule has 0 bridgehead atoms. The Balaban J connectivity index is 1.65. The van der Waals surface area contributed by atoms with E-state index in [2.05, 4.69) is 6.07 Å². The van der Waals surface area contributed by atoms with Gasteiger partial charge in [0.1, 0.15) is 17.2 Å². The molecule has 0 atom stereocenters. The molecule has 3 aromatic rings. The summed E-state index contributed by atoms with van der Waals surface area (Å²) < 4.78 is 11.2. The highest BCUT2D eigenvalue weighted by atomic mass is 16.5. The van der Waals surface area contributed by atoms with Crippen LogP contribution in [0.1, 0.15) is 25.0 Å². The summed E-state index contributed by atoms with van der Waals surface area (Å²) in [6.45, 7) is 4.55. The first-order chi connectivity index (χ1) is 16.5. The van der Waals surface area contributed by atoms with Crippen molar-refractivity contribution in [3.05, 3.63) is 89.6 Å². The van der Waals surface area contributed by atoms with Crippen LogP contribution in [0.2, 0.25) is 0 Å². The lowest BCUT2D eigenvalue weighted by Gasteiger charge is -2.22. The van der Waals surface area contributed by atoms with E-state index in [4.69, 9.17) is 9.47 Å². The highest BCUT2D eigenvalue weighted by molar-refractivity contribution is 6.46. The number of nitrogens with zero attached hydrogens (tertiary/aromatic N) is 2. The summed E-state index contributed by atoms with van der Waals surface area (Å²) in [7, 11) is 1.53. The van der Waals surface area contributed by atoms with Crippen LogP contribution in [0.5, 0.6) is 11.5 Å². The maximum absolute atomic E-state index is 13.9. The van der Waals surface area contributed by atoms with E-state index in [-0.39, 0.29) is 17.9 Å². The zero-order valence-corrected chi connectivity index (χ0v) is 19.4. The molecule has 0 radical (unpaired) electrons. The standard InChI is InChI=1S/C28H26N2O4/c1-18(2)34-21-14-12-20(13-15-21)25-26(29-17-16-19-8-4-5-9-22(19)29)28(32)30(27(25)31)23-10-6-7-11-24(23)33-3/h4-15,18H,16-17H2,1-3H3. The summed E-state index contributed by atoms with van der Waals surface area (Å²) >= 11 is 0. The first kappa shape index (κ1) is 21.8. The van der Waals surface area contributed by atoms with Gasteiger partial charge in [0.2, 0.25) is 0 Å². The second-order valence-electron chi connectivity index (χ2n) is 8.56. The van der Waals surface area contributed by atoms with Crippen LogP contribution < -0.4 is 19.3 Å². The highest BCUT2D eigenvalue weighted by Gasteiger charge is 2.44. The number of para-hydroxylation sites is 3. The Bertz CT molecular complexity index is 1290. The fraction of sp³-hybridized carbons (Fsp3) is 0.214. The lowest BCUT2D eigenvalue weighted by atomic mass is 10.0.